The molecule has 0 saturated heterocycles. The molecule has 0 aromatic heterocycles. The molecule has 0 radical (unpaired) electrons. The summed E-state index contributed by atoms with van der Waals surface area (Å²) >= 11 is 0. The Balaban J connectivity index is 1.92. The molecule has 2 aromatic carbocycles. The molecule has 0 aliphatic heterocycles. The molecule has 0 bridgehead atoms. The highest BCUT2D eigenvalue weighted by Crippen LogP contribution is 2.35. The first kappa shape index (κ1) is 17.9. The van der Waals surface area contributed by atoms with E-state index in [1.165, 1.54) is 0 Å². The van der Waals surface area contributed by atoms with Crippen LogP contribution >= 0.6 is 0 Å². The van der Waals surface area contributed by atoms with Crippen LogP contribution in [-0.2, 0) is 4.79 Å². The summed E-state index contributed by atoms with van der Waals surface area (Å²) in [6.45, 7) is 1.94. The van der Waals surface area contributed by atoms with Crippen molar-refractivity contribution in [3.63, 3.8) is 0 Å². The molecule has 3 rings (SSSR count). The van der Waals surface area contributed by atoms with Crippen molar-refractivity contribution in [3.8, 4) is 5.75 Å². The lowest BCUT2D eigenvalue weighted by Crippen LogP contribution is -2.23. The summed E-state index contributed by atoms with van der Waals surface area (Å²) in [5.74, 6) is 0.811. The van der Waals surface area contributed by atoms with Crippen molar-refractivity contribution in [2.75, 3.05) is 7.11 Å². The number of aliphatic hydroxyl groups is 1. The minimum absolute atomic E-state index is 0.0161. The average molecular weight is 349 g/mol. The molecular formula is C22H23NO3. The Labute approximate surface area is 153 Å². The molecule has 2 aromatic rings. The van der Waals surface area contributed by atoms with Gasteiger partial charge in [0.05, 0.1) is 24.1 Å². The highest BCUT2D eigenvalue weighted by Gasteiger charge is 2.30. The van der Waals surface area contributed by atoms with Crippen LogP contribution in [0.25, 0.3) is 0 Å². The standard InChI is InChI=1S/C22H23NO3/c1-3-19(23-17-10-7-11-18(14-17)26-2)22-20(24)12-16(13-21(22)25)15-8-5-4-6-9-15/h4-11,14,16,24H,3,12-13H2,1-2H3. The highest BCUT2D eigenvalue weighted by molar-refractivity contribution is 6.23. The van der Waals surface area contributed by atoms with E-state index in [-0.39, 0.29) is 17.5 Å². The van der Waals surface area contributed by atoms with E-state index in [0.29, 0.717) is 42.0 Å². The van der Waals surface area contributed by atoms with E-state index in [4.69, 9.17) is 4.74 Å². The van der Waals surface area contributed by atoms with Gasteiger partial charge in [-0.25, -0.2) is 0 Å². The lowest BCUT2D eigenvalue weighted by Gasteiger charge is -2.24. The van der Waals surface area contributed by atoms with Crippen molar-refractivity contribution in [3.05, 3.63) is 71.5 Å². The first-order valence-electron chi connectivity index (χ1n) is 8.84. The summed E-state index contributed by atoms with van der Waals surface area (Å²) in [5, 5.41) is 10.6. The van der Waals surface area contributed by atoms with Crippen LogP contribution in [0.5, 0.6) is 5.75 Å². The smallest absolute Gasteiger partial charge is 0.168 e. The number of allylic oxidation sites excluding steroid dienone is 2. The Hall–Kier alpha value is -2.88. The van der Waals surface area contributed by atoms with Gasteiger partial charge < -0.3 is 9.84 Å². The Bertz CT molecular complexity index is 853. The largest absolute Gasteiger partial charge is 0.511 e. The van der Waals surface area contributed by atoms with Crippen LogP contribution in [0.1, 0.15) is 37.7 Å². The van der Waals surface area contributed by atoms with Crippen molar-refractivity contribution >= 4 is 17.2 Å². The molecule has 0 fully saturated rings. The molecule has 134 valence electrons. The SMILES string of the molecule is CCC(=Nc1cccc(OC)c1)C1=C(O)CC(c2ccccc2)CC1=O. The number of ether oxygens (including phenoxy) is 1. The summed E-state index contributed by atoms with van der Waals surface area (Å²) in [6, 6.07) is 17.2. The van der Waals surface area contributed by atoms with Crippen LogP contribution in [0.3, 0.4) is 0 Å². The van der Waals surface area contributed by atoms with Crippen LogP contribution in [0, 0.1) is 0 Å². The molecule has 4 heteroatoms. The Kier molecular flexibility index (Phi) is 5.52. The lowest BCUT2D eigenvalue weighted by molar-refractivity contribution is -0.116. The molecule has 0 saturated carbocycles. The zero-order valence-corrected chi connectivity index (χ0v) is 15.1. The lowest BCUT2D eigenvalue weighted by atomic mass is 9.81. The Morgan fingerprint density at radius 3 is 2.58 bits per heavy atom. The van der Waals surface area contributed by atoms with Gasteiger partial charge in [-0.3, -0.25) is 9.79 Å². The fourth-order valence-corrected chi connectivity index (χ4v) is 3.33. The average Bonchev–Trinajstić information content (AvgIpc) is 2.67. The predicted octanol–water partition coefficient (Wildman–Crippen LogP) is 5.14. The summed E-state index contributed by atoms with van der Waals surface area (Å²) in [7, 11) is 1.60. The Morgan fingerprint density at radius 2 is 1.92 bits per heavy atom. The second-order valence-corrected chi connectivity index (χ2v) is 6.37. The van der Waals surface area contributed by atoms with Gasteiger partial charge >= 0.3 is 0 Å². The van der Waals surface area contributed by atoms with Gasteiger partial charge in [-0.2, -0.15) is 0 Å². The summed E-state index contributed by atoms with van der Waals surface area (Å²) in [4.78, 5) is 17.4. The van der Waals surface area contributed by atoms with Crippen molar-refractivity contribution in [1.29, 1.82) is 0 Å². The van der Waals surface area contributed by atoms with E-state index >= 15 is 0 Å². The molecule has 4 nitrogen and oxygen atoms in total. The number of carbonyl (C=O) groups excluding carboxylic acids is 1. The van der Waals surface area contributed by atoms with Crippen LogP contribution in [-0.4, -0.2) is 23.7 Å². The molecule has 26 heavy (non-hydrogen) atoms. The minimum Gasteiger partial charge on any atom is -0.511 e. The first-order chi connectivity index (χ1) is 12.6. The van der Waals surface area contributed by atoms with Crippen LogP contribution in [0.15, 0.2) is 70.9 Å². The molecule has 0 amide bonds. The fourth-order valence-electron chi connectivity index (χ4n) is 3.33. The van der Waals surface area contributed by atoms with E-state index in [0.717, 1.165) is 5.56 Å². The number of ketones is 1. The number of Topliss-reactive ketones (excluding diaryl/α,β-unsaturated/α-hetero) is 1. The molecule has 0 spiro atoms. The minimum atomic E-state index is -0.0499. The molecular weight excluding hydrogens is 326 g/mol. The third-order valence-electron chi connectivity index (χ3n) is 4.65. The number of benzene rings is 2. The molecule has 1 aliphatic carbocycles. The van der Waals surface area contributed by atoms with Crippen molar-refractivity contribution in [1.82, 2.24) is 0 Å². The number of nitrogens with zero attached hydrogens (tertiary/aromatic N) is 1. The fraction of sp³-hybridized carbons (Fsp3) is 0.273. The van der Waals surface area contributed by atoms with Gasteiger partial charge in [0.15, 0.2) is 5.78 Å². The second-order valence-electron chi connectivity index (χ2n) is 6.37. The second kappa shape index (κ2) is 8.00. The molecule has 1 atom stereocenters. The van der Waals surface area contributed by atoms with E-state index in [1.807, 2.05) is 61.5 Å². The van der Waals surface area contributed by atoms with E-state index in [1.54, 1.807) is 7.11 Å². The quantitative estimate of drug-likeness (QED) is 0.761. The molecule has 1 aliphatic rings. The number of rotatable bonds is 5. The van der Waals surface area contributed by atoms with Crippen molar-refractivity contribution < 1.29 is 14.6 Å². The number of carbonyl (C=O) groups is 1. The molecule has 1 unspecified atom stereocenters. The number of aliphatic hydroxyl groups excluding tert-OH is 1. The van der Waals surface area contributed by atoms with Gasteiger partial charge in [-0.1, -0.05) is 43.3 Å². The topological polar surface area (TPSA) is 58.9 Å². The highest BCUT2D eigenvalue weighted by atomic mass is 16.5. The van der Waals surface area contributed by atoms with Crippen LogP contribution < -0.4 is 4.74 Å². The maximum atomic E-state index is 12.8. The first-order valence-corrected chi connectivity index (χ1v) is 8.84. The van der Waals surface area contributed by atoms with Gasteiger partial charge in [0, 0.05) is 18.9 Å². The normalized spacial score (nSPS) is 18.2. The van der Waals surface area contributed by atoms with Crippen molar-refractivity contribution in [2.24, 2.45) is 4.99 Å². The molecule has 1 N–H and O–H groups in total. The van der Waals surface area contributed by atoms with E-state index < -0.39 is 0 Å². The van der Waals surface area contributed by atoms with Crippen LogP contribution in [0.4, 0.5) is 5.69 Å². The van der Waals surface area contributed by atoms with E-state index in [2.05, 4.69) is 4.99 Å². The number of methoxy groups -OCH3 is 1. The van der Waals surface area contributed by atoms with Gasteiger partial charge in [0.25, 0.3) is 0 Å². The monoisotopic (exact) mass is 349 g/mol. The number of hydrogen-bond acceptors (Lipinski definition) is 4. The van der Waals surface area contributed by atoms with Crippen LogP contribution in [0.2, 0.25) is 0 Å². The summed E-state index contributed by atoms with van der Waals surface area (Å²) in [6.07, 6.45) is 1.42. The third-order valence-corrected chi connectivity index (χ3v) is 4.65. The van der Waals surface area contributed by atoms with Crippen molar-refractivity contribution in [2.45, 2.75) is 32.1 Å². The Morgan fingerprint density at radius 1 is 1.15 bits per heavy atom. The van der Waals surface area contributed by atoms with Gasteiger partial charge in [0.1, 0.15) is 11.5 Å². The summed E-state index contributed by atoms with van der Waals surface area (Å²) < 4.78 is 5.22. The predicted molar refractivity (Wildman–Crippen MR) is 103 cm³/mol. The third kappa shape index (κ3) is 3.85. The zero-order chi connectivity index (χ0) is 18.5. The summed E-state index contributed by atoms with van der Waals surface area (Å²) in [5.41, 5.74) is 2.78. The van der Waals surface area contributed by atoms with Gasteiger partial charge in [0.2, 0.25) is 0 Å². The zero-order valence-electron chi connectivity index (χ0n) is 15.1. The van der Waals surface area contributed by atoms with Gasteiger partial charge in [-0.15, -0.1) is 0 Å². The van der Waals surface area contributed by atoms with Gasteiger partial charge in [-0.05, 0) is 30.0 Å². The maximum Gasteiger partial charge on any atom is 0.168 e. The number of hydrogen-bond donors (Lipinski definition) is 1. The molecule has 0 heterocycles. The maximum absolute atomic E-state index is 12.8. The van der Waals surface area contributed by atoms with E-state index in [9.17, 15) is 9.90 Å². The number of aliphatic imine (C=N–C) groups is 1.